The van der Waals surface area contributed by atoms with E-state index in [0.717, 1.165) is 19.1 Å². The average Bonchev–Trinajstić information content (AvgIpc) is 2.55. The topological polar surface area (TPSA) is 17.1 Å². The van der Waals surface area contributed by atoms with E-state index in [1.54, 1.807) is 0 Å². The Hall–Kier alpha value is -2.41. The van der Waals surface area contributed by atoms with E-state index in [0.29, 0.717) is 0 Å². The molecule has 27 heavy (non-hydrogen) atoms. The highest BCUT2D eigenvalue weighted by atomic mass is 16.1. The second-order valence-electron chi connectivity index (χ2n) is 7.09. The van der Waals surface area contributed by atoms with Gasteiger partial charge in [-0.3, -0.25) is 0 Å². The number of carbonyl (C=O) groups excluding carboxylic acids is 1. The number of aryl methyl sites for hydroxylation is 4. The van der Waals surface area contributed by atoms with Gasteiger partial charge >= 0.3 is 0 Å². The fourth-order valence-corrected chi connectivity index (χ4v) is 2.94. The first-order valence-electron chi connectivity index (χ1n) is 9.54. The van der Waals surface area contributed by atoms with Gasteiger partial charge in [0, 0.05) is 0 Å². The van der Waals surface area contributed by atoms with Gasteiger partial charge in [0.25, 0.3) is 0 Å². The molecule has 0 aliphatic heterocycles. The molecule has 2 rings (SSSR count). The third-order valence-electron chi connectivity index (χ3n) is 4.01. The number of allylic oxidation sites excluding steroid dienone is 2. The van der Waals surface area contributed by atoms with E-state index in [9.17, 15) is 0 Å². The lowest BCUT2D eigenvalue weighted by atomic mass is 9.93. The molecule has 0 heterocycles. The van der Waals surface area contributed by atoms with Crippen LogP contribution in [0.3, 0.4) is 0 Å². The Balaban J connectivity index is 0.000000509. The summed E-state index contributed by atoms with van der Waals surface area (Å²) >= 11 is 0. The number of rotatable bonds is 5. The van der Waals surface area contributed by atoms with Crippen molar-refractivity contribution in [2.75, 3.05) is 0 Å². The van der Waals surface area contributed by atoms with Crippen LogP contribution in [0.25, 0.3) is 5.57 Å². The van der Waals surface area contributed by atoms with Crippen molar-refractivity contribution < 1.29 is 4.79 Å². The lowest BCUT2D eigenvalue weighted by Gasteiger charge is -2.12. The molecule has 2 aromatic rings. The predicted molar refractivity (Wildman–Crippen MR) is 121 cm³/mol. The molecule has 0 amide bonds. The van der Waals surface area contributed by atoms with Crippen molar-refractivity contribution in [1.29, 1.82) is 0 Å². The quantitative estimate of drug-likeness (QED) is 0.398. The first kappa shape index (κ1) is 24.6. The third-order valence-corrected chi connectivity index (χ3v) is 4.01. The Morgan fingerprint density at radius 2 is 1.48 bits per heavy atom. The number of benzene rings is 2. The van der Waals surface area contributed by atoms with E-state index in [2.05, 4.69) is 90.2 Å². The molecule has 0 unspecified atom stereocenters. The van der Waals surface area contributed by atoms with Gasteiger partial charge in [0.1, 0.15) is 6.29 Å². The molecule has 0 fully saturated rings. The zero-order chi connectivity index (χ0) is 20.8. The SMILES string of the molecule is C=C(C)CCCc1cccc(C)c1C(=C)C.CC=O.Cc1cccc(C)c1. The molecule has 1 nitrogen and oxygen atoms in total. The number of carbonyl (C=O) groups is 1. The maximum atomic E-state index is 8.81. The Morgan fingerprint density at radius 3 is 1.89 bits per heavy atom. The minimum atomic E-state index is 0.750. The highest BCUT2D eigenvalue weighted by Gasteiger charge is 2.05. The van der Waals surface area contributed by atoms with Crippen molar-refractivity contribution >= 4 is 11.9 Å². The molecule has 0 saturated carbocycles. The Bertz CT molecular complexity index is 720. The summed E-state index contributed by atoms with van der Waals surface area (Å²) in [5.74, 6) is 0. The zero-order valence-electron chi connectivity index (χ0n) is 18.1. The summed E-state index contributed by atoms with van der Waals surface area (Å²) in [4.78, 5) is 8.81. The summed E-state index contributed by atoms with van der Waals surface area (Å²) in [6.45, 7) is 20.0. The van der Waals surface area contributed by atoms with Gasteiger partial charge in [-0.1, -0.05) is 71.3 Å². The van der Waals surface area contributed by atoms with E-state index in [-0.39, 0.29) is 0 Å². The van der Waals surface area contributed by atoms with Crippen LogP contribution in [0.2, 0.25) is 0 Å². The van der Waals surface area contributed by atoms with Crippen molar-refractivity contribution in [3.63, 3.8) is 0 Å². The summed E-state index contributed by atoms with van der Waals surface area (Å²) in [6.07, 6.45) is 4.17. The zero-order valence-corrected chi connectivity index (χ0v) is 18.1. The first-order chi connectivity index (χ1) is 12.7. The van der Waals surface area contributed by atoms with Crippen LogP contribution in [0.4, 0.5) is 0 Å². The lowest BCUT2D eigenvalue weighted by molar-refractivity contribution is -0.106. The van der Waals surface area contributed by atoms with Crippen molar-refractivity contribution in [1.82, 2.24) is 0 Å². The summed E-state index contributed by atoms with van der Waals surface area (Å²) in [5.41, 5.74) is 9.22. The largest absolute Gasteiger partial charge is 0.304 e. The van der Waals surface area contributed by atoms with Crippen molar-refractivity contribution in [2.45, 2.75) is 60.8 Å². The highest BCUT2D eigenvalue weighted by molar-refractivity contribution is 5.67. The number of aldehydes is 1. The fourth-order valence-electron chi connectivity index (χ4n) is 2.94. The van der Waals surface area contributed by atoms with Crippen molar-refractivity contribution in [3.05, 3.63) is 89.0 Å². The van der Waals surface area contributed by atoms with E-state index >= 15 is 0 Å². The van der Waals surface area contributed by atoms with Gasteiger partial charge in [0.05, 0.1) is 0 Å². The Morgan fingerprint density at radius 1 is 0.963 bits per heavy atom. The molecule has 0 atom stereocenters. The molecule has 0 aromatic heterocycles. The Kier molecular flexibility index (Phi) is 12.5. The molecule has 1 heteroatoms. The van der Waals surface area contributed by atoms with Gasteiger partial charge < -0.3 is 4.79 Å². The van der Waals surface area contributed by atoms with Crippen LogP contribution in [-0.2, 0) is 11.2 Å². The van der Waals surface area contributed by atoms with E-state index in [1.807, 2.05) is 0 Å². The molecule has 0 N–H and O–H groups in total. The lowest BCUT2D eigenvalue weighted by Crippen LogP contribution is -1.95. The molecule has 146 valence electrons. The average molecular weight is 365 g/mol. The third kappa shape index (κ3) is 11.0. The molecular weight excluding hydrogens is 328 g/mol. The van der Waals surface area contributed by atoms with Gasteiger partial charge in [0.15, 0.2) is 0 Å². The molecule has 0 radical (unpaired) electrons. The predicted octanol–water partition coefficient (Wildman–Crippen LogP) is 7.44. The molecule has 0 saturated heterocycles. The van der Waals surface area contributed by atoms with Crippen LogP contribution in [0.15, 0.2) is 61.2 Å². The molecule has 2 aromatic carbocycles. The summed E-state index contributed by atoms with van der Waals surface area (Å²) in [7, 11) is 0. The van der Waals surface area contributed by atoms with Crippen LogP contribution in [0.1, 0.15) is 61.4 Å². The second kappa shape index (κ2) is 13.7. The van der Waals surface area contributed by atoms with Gasteiger partial charge in [0.2, 0.25) is 0 Å². The van der Waals surface area contributed by atoms with E-state index < -0.39 is 0 Å². The molecule has 0 bridgehead atoms. The molecule has 0 spiro atoms. The summed E-state index contributed by atoms with van der Waals surface area (Å²) in [6, 6.07) is 15.0. The van der Waals surface area contributed by atoms with E-state index in [1.165, 1.54) is 52.3 Å². The smallest absolute Gasteiger partial charge is 0.116 e. The fraction of sp³-hybridized carbons (Fsp3) is 0.346. The molecular formula is C26H36O. The van der Waals surface area contributed by atoms with Crippen molar-refractivity contribution in [2.24, 2.45) is 0 Å². The molecule has 0 aliphatic carbocycles. The maximum absolute atomic E-state index is 8.81. The normalized spacial score (nSPS) is 9.26. The maximum Gasteiger partial charge on any atom is 0.116 e. The molecule has 0 aliphatic rings. The van der Waals surface area contributed by atoms with Gasteiger partial charge in [-0.25, -0.2) is 0 Å². The number of hydrogen-bond donors (Lipinski definition) is 0. The summed E-state index contributed by atoms with van der Waals surface area (Å²) in [5, 5.41) is 0. The summed E-state index contributed by atoms with van der Waals surface area (Å²) < 4.78 is 0. The Labute approximate surface area is 166 Å². The minimum absolute atomic E-state index is 0.750. The van der Waals surface area contributed by atoms with Crippen LogP contribution in [0.5, 0.6) is 0 Å². The van der Waals surface area contributed by atoms with Gasteiger partial charge in [-0.15, -0.1) is 6.58 Å². The minimum Gasteiger partial charge on any atom is -0.304 e. The van der Waals surface area contributed by atoms with E-state index in [4.69, 9.17) is 4.79 Å². The first-order valence-corrected chi connectivity index (χ1v) is 9.54. The standard InChI is InChI=1S/C16H22.C8H10.C2H4O/c1-12(2)8-6-10-15-11-7-9-14(5)16(15)13(3)4;1-7-4-3-5-8(2)6-7;1-2-3/h7,9,11H,1,3,6,8,10H2,2,4-5H3;3-6H,1-2H3;2H,1H3. The van der Waals surface area contributed by atoms with Crippen LogP contribution < -0.4 is 0 Å². The van der Waals surface area contributed by atoms with Gasteiger partial charge in [-0.2, -0.15) is 0 Å². The van der Waals surface area contributed by atoms with Crippen molar-refractivity contribution in [3.8, 4) is 0 Å². The second-order valence-corrected chi connectivity index (χ2v) is 7.09. The van der Waals surface area contributed by atoms with Gasteiger partial charge in [-0.05, 0) is 77.5 Å². The number of hydrogen-bond acceptors (Lipinski definition) is 1. The van der Waals surface area contributed by atoms with Crippen LogP contribution in [0, 0.1) is 20.8 Å². The highest BCUT2D eigenvalue weighted by Crippen LogP contribution is 2.23. The van der Waals surface area contributed by atoms with Crippen LogP contribution in [-0.4, -0.2) is 6.29 Å². The monoisotopic (exact) mass is 364 g/mol. The van der Waals surface area contributed by atoms with Crippen LogP contribution >= 0.6 is 0 Å².